The largest absolute Gasteiger partial charge is 0.348 e. The van der Waals surface area contributed by atoms with Crippen LogP contribution < -0.4 is 5.32 Å². The Kier molecular flexibility index (Phi) is 3.05. The van der Waals surface area contributed by atoms with Crippen LogP contribution in [0.1, 0.15) is 38.1 Å². The molecule has 0 aromatic heterocycles. The van der Waals surface area contributed by atoms with Gasteiger partial charge in [0.1, 0.15) is 5.82 Å². The number of nitrogens with one attached hydrogen (secondary N) is 1. The molecule has 0 spiro atoms. The molecule has 0 atom stereocenters. The minimum Gasteiger partial charge on any atom is -0.348 e. The molecule has 18 heavy (non-hydrogen) atoms. The van der Waals surface area contributed by atoms with Gasteiger partial charge in [0.15, 0.2) is 0 Å². The van der Waals surface area contributed by atoms with E-state index in [1.54, 1.807) is 6.07 Å². The van der Waals surface area contributed by atoms with Crippen LogP contribution in [0, 0.1) is 16.6 Å². The van der Waals surface area contributed by atoms with Crippen molar-refractivity contribution >= 4 is 21.8 Å². The Morgan fingerprint density at radius 3 is 2.28 bits per heavy atom. The summed E-state index contributed by atoms with van der Waals surface area (Å²) in [5.74, 6) is -0.846. The molecule has 0 heterocycles. The van der Waals surface area contributed by atoms with E-state index in [4.69, 9.17) is 0 Å². The van der Waals surface area contributed by atoms with Crippen molar-refractivity contribution in [1.82, 2.24) is 5.32 Å². The summed E-state index contributed by atoms with van der Waals surface area (Å²) in [7, 11) is 0. The highest BCUT2D eigenvalue weighted by Crippen LogP contribution is 2.62. The van der Waals surface area contributed by atoms with E-state index in [0.717, 1.165) is 0 Å². The van der Waals surface area contributed by atoms with Crippen LogP contribution in [0.3, 0.4) is 0 Å². The predicted octanol–water partition coefficient (Wildman–Crippen LogP) is 3.75. The molecular weight excluding hydrogens is 297 g/mol. The highest BCUT2D eigenvalue weighted by molar-refractivity contribution is 9.10. The van der Waals surface area contributed by atoms with E-state index in [0.29, 0.717) is 4.47 Å². The average molecular weight is 314 g/mol. The standard InChI is InChI=1S/C14H17BrFNO/c1-13(2)12(14(13,3)4)17-11(18)9-6-5-8(15)7-10(9)16/h5-7,12H,1-4H3,(H,17,18). The van der Waals surface area contributed by atoms with Crippen LogP contribution in [0.2, 0.25) is 0 Å². The fourth-order valence-corrected chi connectivity index (χ4v) is 2.77. The maximum absolute atomic E-state index is 13.7. The molecule has 0 unspecified atom stereocenters. The fourth-order valence-electron chi connectivity index (χ4n) is 2.44. The molecule has 1 aliphatic carbocycles. The summed E-state index contributed by atoms with van der Waals surface area (Å²) in [6, 6.07) is 4.55. The first-order valence-corrected chi connectivity index (χ1v) is 6.73. The molecule has 1 N–H and O–H groups in total. The van der Waals surface area contributed by atoms with Gasteiger partial charge in [-0.2, -0.15) is 0 Å². The number of hydrogen-bond donors (Lipinski definition) is 1. The molecule has 1 saturated carbocycles. The first-order chi connectivity index (χ1) is 8.18. The van der Waals surface area contributed by atoms with E-state index < -0.39 is 5.82 Å². The normalized spacial score (nSPS) is 20.6. The topological polar surface area (TPSA) is 29.1 Å². The molecule has 0 saturated heterocycles. The molecule has 98 valence electrons. The van der Waals surface area contributed by atoms with E-state index in [-0.39, 0.29) is 28.3 Å². The molecule has 1 amide bonds. The Bertz CT molecular complexity index is 497. The lowest BCUT2D eigenvalue weighted by Crippen LogP contribution is -2.30. The van der Waals surface area contributed by atoms with Crippen molar-refractivity contribution < 1.29 is 9.18 Å². The van der Waals surface area contributed by atoms with Gasteiger partial charge in [-0.1, -0.05) is 43.6 Å². The van der Waals surface area contributed by atoms with Crippen LogP contribution in [0.25, 0.3) is 0 Å². The zero-order valence-corrected chi connectivity index (χ0v) is 12.6. The third-order valence-corrected chi connectivity index (χ3v) is 4.97. The van der Waals surface area contributed by atoms with Crippen molar-refractivity contribution in [2.45, 2.75) is 33.7 Å². The van der Waals surface area contributed by atoms with Crippen molar-refractivity contribution in [1.29, 1.82) is 0 Å². The second-order valence-electron chi connectivity index (χ2n) is 5.97. The van der Waals surface area contributed by atoms with Crippen molar-refractivity contribution in [3.05, 3.63) is 34.1 Å². The molecule has 1 fully saturated rings. The Morgan fingerprint density at radius 2 is 1.83 bits per heavy atom. The van der Waals surface area contributed by atoms with Gasteiger partial charge in [-0.15, -0.1) is 0 Å². The number of hydrogen-bond acceptors (Lipinski definition) is 1. The van der Waals surface area contributed by atoms with Crippen LogP contribution >= 0.6 is 15.9 Å². The Balaban J connectivity index is 2.15. The summed E-state index contributed by atoms with van der Waals surface area (Å²) < 4.78 is 14.3. The maximum Gasteiger partial charge on any atom is 0.254 e. The van der Waals surface area contributed by atoms with Gasteiger partial charge in [0.25, 0.3) is 5.91 Å². The molecule has 2 nitrogen and oxygen atoms in total. The molecule has 0 bridgehead atoms. The first kappa shape index (κ1) is 13.5. The van der Waals surface area contributed by atoms with Crippen molar-refractivity contribution in [3.8, 4) is 0 Å². The molecule has 0 radical (unpaired) electrons. The third kappa shape index (κ3) is 1.96. The summed E-state index contributed by atoms with van der Waals surface area (Å²) in [4.78, 5) is 12.0. The third-order valence-electron chi connectivity index (χ3n) is 4.47. The Morgan fingerprint density at radius 1 is 1.28 bits per heavy atom. The highest BCUT2D eigenvalue weighted by Gasteiger charge is 2.65. The van der Waals surface area contributed by atoms with Gasteiger partial charge in [0.2, 0.25) is 0 Å². The van der Waals surface area contributed by atoms with Crippen molar-refractivity contribution in [2.75, 3.05) is 0 Å². The number of rotatable bonds is 2. The summed E-state index contributed by atoms with van der Waals surface area (Å²) in [6.07, 6.45) is 0. The van der Waals surface area contributed by atoms with Crippen LogP contribution in [0.15, 0.2) is 22.7 Å². The average Bonchev–Trinajstić information content (AvgIpc) is 2.60. The Hall–Kier alpha value is -0.900. The molecular formula is C14H17BrFNO. The van der Waals surface area contributed by atoms with Gasteiger partial charge in [0, 0.05) is 10.5 Å². The Labute approximate surface area is 115 Å². The number of carbonyl (C=O) groups excluding carboxylic acids is 1. The minimum absolute atomic E-state index is 0.0501. The number of benzene rings is 1. The van der Waals surface area contributed by atoms with E-state index in [2.05, 4.69) is 48.9 Å². The smallest absolute Gasteiger partial charge is 0.254 e. The lowest BCUT2D eigenvalue weighted by Gasteiger charge is -2.08. The van der Waals surface area contributed by atoms with Crippen LogP contribution in [0.4, 0.5) is 4.39 Å². The van der Waals surface area contributed by atoms with E-state index in [1.165, 1.54) is 12.1 Å². The zero-order valence-electron chi connectivity index (χ0n) is 11.0. The van der Waals surface area contributed by atoms with Gasteiger partial charge < -0.3 is 5.32 Å². The molecule has 2 rings (SSSR count). The van der Waals surface area contributed by atoms with Crippen LogP contribution in [-0.4, -0.2) is 11.9 Å². The van der Waals surface area contributed by atoms with Crippen molar-refractivity contribution in [3.63, 3.8) is 0 Å². The van der Waals surface area contributed by atoms with Gasteiger partial charge >= 0.3 is 0 Å². The summed E-state index contributed by atoms with van der Waals surface area (Å²) in [5.41, 5.74) is 0.194. The fraction of sp³-hybridized carbons (Fsp3) is 0.500. The molecule has 1 aromatic rings. The molecule has 4 heteroatoms. The number of amides is 1. The zero-order chi connectivity index (χ0) is 13.7. The SMILES string of the molecule is CC1(C)C(NC(=O)c2ccc(Br)cc2F)C1(C)C. The van der Waals surface area contributed by atoms with Crippen LogP contribution in [-0.2, 0) is 0 Å². The lowest BCUT2D eigenvalue weighted by atomic mass is 10.0. The van der Waals surface area contributed by atoms with Gasteiger partial charge in [-0.05, 0) is 29.0 Å². The van der Waals surface area contributed by atoms with Crippen LogP contribution in [0.5, 0.6) is 0 Å². The second kappa shape index (κ2) is 4.05. The highest BCUT2D eigenvalue weighted by atomic mass is 79.9. The predicted molar refractivity (Wildman–Crippen MR) is 72.9 cm³/mol. The second-order valence-corrected chi connectivity index (χ2v) is 6.89. The van der Waals surface area contributed by atoms with E-state index >= 15 is 0 Å². The van der Waals surface area contributed by atoms with Gasteiger partial charge in [0.05, 0.1) is 5.56 Å². The summed E-state index contributed by atoms with van der Waals surface area (Å²) in [6.45, 7) is 8.43. The van der Waals surface area contributed by atoms with Crippen molar-refractivity contribution in [2.24, 2.45) is 10.8 Å². The van der Waals surface area contributed by atoms with Gasteiger partial charge in [-0.3, -0.25) is 4.79 Å². The van der Waals surface area contributed by atoms with Gasteiger partial charge in [-0.25, -0.2) is 4.39 Å². The minimum atomic E-state index is -0.502. The molecule has 1 aromatic carbocycles. The summed E-state index contributed by atoms with van der Waals surface area (Å²) in [5, 5.41) is 2.92. The summed E-state index contributed by atoms with van der Waals surface area (Å²) >= 11 is 3.17. The monoisotopic (exact) mass is 313 g/mol. The number of carbonyl (C=O) groups is 1. The molecule has 1 aliphatic rings. The van der Waals surface area contributed by atoms with E-state index in [1.807, 2.05) is 0 Å². The number of halogens is 2. The maximum atomic E-state index is 13.7. The quantitative estimate of drug-likeness (QED) is 0.885. The lowest BCUT2D eigenvalue weighted by molar-refractivity contribution is 0.0939. The van der Waals surface area contributed by atoms with E-state index in [9.17, 15) is 9.18 Å². The molecule has 0 aliphatic heterocycles. The first-order valence-electron chi connectivity index (χ1n) is 5.94.